The molecular formula is C13H14N2O. The fourth-order valence-corrected chi connectivity index (χ4v) is 1.51. The fourth-order valence-electron chi connectivity index (χ4n) is 1.51. The van der Waals surface area contributed by atoms with Gasteiger partial charge in [-0.3, -0.25) is 9.97 Å². The predicted octanol–water partition coefficient (Wildman–Crippen LogP) is 2.71. The lowest BCUT2D eigenvalue weighted by atomic mass is 10.1. The van der Waals surface area contributed by atoms with E-state index in [1.165, 1.54) is 5.56 Å². The van der Waals surface area contributed by atoms with Crippen molar-refractivity contribution in [1.82, 2.24) is 9.97 Å². The van der Waals surface area contributed by atoms with Gasteiger partial charge in [0.15, 0.2) is 0 Å². The molecule has 0 fully saturated rings. The third kappa shape index (κ3) is 2.19. The minimum Gasteiger partial charge on any atom is -0.497 e. The van der Waals surface area contributed by atoms with Gasteiger partial charge < -0.3 is 4.74 Å². The highest BCUT2D eigenvalue weighted by molar-refractivity contribution is 5.56. The van der Waals surface area contributed by atoms with Crippen molar-refractivity contribution in [1.29, 1.82) is 0 Å². The Morgan fingerprint density at radius 3 is 2.44 bits per heavy atom. The van der Waals surface area contributed by atoms with Crippen LogP contribution in [0.1, 0.15) is 12.5 Å². The molecule has 0 spiro atoms. The van der Waals surface area contributed by atoms with Crippen LogP contribution < -0.4 is 4.74 Å². The summed E-state index contributed by atoms with van der Waals surface area (Å²) < 4.78 is 5.17. The zero-order chi connectivity index (χ0) is 11.4. The summed E-state index contributed by atoms with van der Waals surface area (Å²) in [7, 11) is 1.65. The van der Waals surface area contributed by atoms with E-state index in [2.05, 4.69) is 23.0 Å². The van der Waals surface area contributed by atoms with Gasteiger partial charge in [-0.2, -0.15) is 0 Å². The molecule has 0 unspecified atom stereocenters. The number of hydrogen-bond donors (Lipinski definition) is 0. The molecule has 2 aromatic rings. The molecule has 16 heavy (non-hydrogen) atoms. The van der Waals surface area contributed by atoms with Crippen LogP contribution in [-0.2, 0) is 6.42 Å². The molecule has 0 N–H and O–H groups in total. The minimum atomic E-state index is 0.800. The van der Waals surface area contributed by atoms with Crippen molar-refractivity contribution >= 4 is 0 Å². The van der Waals surface area contributed by atoms with Crippen LogP contribution in [0.2, 0.25) is 0 Å². The summed E-state index contributed by atoms with van der Waals surface area (Å²) in [5, 5.41) is 0. The number of hydrogen-bond acceptors (Lipinski definition) is 3. The average Bonchev–Trinajstić information content (AvgIpc) is 2.39. The van der Waals surface area contributed by atoms with E-state index in [1.54, 1.807) is 13.3 Å². The van der Waals surface area contributed by atoms with E-state index in [9.17, 15) is 0 Å². The molecule has 0 saturated carbocycles. The second-order valence-electron chi connectivity index (χ2n) is 3.48. The molecule has 2 heterocycles. The Balaban J connectivity index is 2.41. The maximum absolute atomic E-state index is 5.17. The van der Waals surface area contributed by atoms with Crippen LogP contribution in [0.4, 0.5) is 0 Å². The zero-order valence-electron chi connectivity index (χ0n) is 9.47. The number of ether oxygens (including phenoxy) is 1. The van der Waals surface area contributed by atoms with Gasteiger partial charge in [-0.25, -0.2) is 0 Å². The summed E-state index contributed by atoms with van der Waals surface area (Å²) in [5.41, 5.74) is 2.99. The van der Waals surface area contributed by atoms with Crippen LogP contribution in [0, 0.1) is 0 Å². The van der Waals surface area contributed by atoms with Crippen molar-refractivity contribution in [2.45, 2.75) is 13.3 Å². The van der Waals surface area contributed by atoms with Crippen LogP contribution in [0.15, 0.2) is 36.7 Å². The van der Waals surface area contributed by atoms with E-state index in [4.69, 9.17) is 4.74 Å². The van der Waals surface area contributed by atoms with E-state index in [-0.39, 0.29) is 0 Å². The second kappa shape index (κ2) is 4.75. The monoisotopic (exact) mass is 214 g/mol. The van der Waals surface area contributed by atoms with Crippen LogP contribution >= 0.6 is 0 Å². The number of methoxy groups -OCH3 is 1. The van der Waals surface area contributed by atoms with Crippen LogP contribution in [0.25, 0.3) is 11.4 Å². The predicted molar refractivity (Wildman–Crippen MR) is 63.4 cm³/mol. The molecule has 0 aliphatic heterocycles. The van der Waals surface area contributed by atoms with Gasteiger partial charge in [0.25, 0.3) is 0 Å². The Morgan fingerprint density at radius 2 is 1.75 bits per heavy atom. The van der Waals surface area contributed by atoms with E-state index in [0.29, 0.717) is 0 Å². The standard InChI is InChI=1S/C13H14N2O/c1-3-10-4-6-14-12(8-10)13-9-11(16-2)5-7-15-13/h4-9H,3H2,1-2H3. The summed E-state index contributed by atoms with van der Waals surface area (Å²) in [6.45, 7) is 2.12. The van der Waals surface area contributed by atoms with Crippen molar-refractivity contribution in [2.24, 2.45) is 0 Å². The first-order valence-corrected chi connectivity index (χ1v) is 5.29. The summed E-state index contributed by atoms with van der Waals surface area (Å²) in [6.07, 6.45) is 4.54. The lowest BCUT2D eigenvalue weighted by molar-refractivity contribution is 0.414. The van der Waals surface area contributed by atoms with Gasteiger partial charge >= 0.3 is 0 Å². The molecule has 3 nitrogen and oxygen atoms in total. The molecule has 2 aromatic heterocycles. The van der Waals surface area contributed by atoms with E-state index >= 15 is 0 Å². The first-order chi connectivity index (χ1) is 7.83. The zero-order valence-corrected chi connectivity index (χ0v) is 9.47. The number of aromatic nitrogens is 2. The van der Waals surface area contributed by atoms with Crippen molar-refractivity contribution in [2.75, 3.05) is 7.11 Å². The Hall–Kier alpha value is -1.90. The number of aryl methyl sites for hydroxylation is 1. The maximum atomic E-state index is 5.17. The lowest BCUT2D eigenvalue weighted by Gasteiger charge is -2.04. The van der Waals surface area contributed by atoms with Crippen molar-refractivity contribution < 1.29 is 4.74 Å². The molecule has 2 rings (SSSR count). The Labute approximate surface area is 95.1 Å². The average molecular weight is 214 g/mol. The highest BCUT2D eigenvalue weighted by atomic mass is 16.5. The second-order valence-corrected chi connectivity index (χ2v) is 3.48. The molecule has 0 radical (unpaired) electrons. The number of rotatable bonds is 3. The largest absolute Gasteiger partial charge is 0.497 e. The van der Waals surface area contributed by atoms with Crippen molar-refractivity contribution in [3.63, 3.8) is 0 Å². The summed E-state index contributed by atoms with van der Waals surface area (Å²) in [6, 6.07) is 7.79. The Kier molecular flexibility index (Phi) is 3.15. The topological polar surface area (TPSA) is 35.0 Å². The fraction of sp³-hybridized carbons (Fsp3) is 0.231. The van der Waals surface area contributed by atoms with Gasteiger partial charge in [0.05, 0.1) is 18.5 Å². The van der Waals surface area contributed by atoms with Crippen LogP contribution in [0.5, 0.6) is 5.75 Å². The molecule has 0 atom stereocenters. The third-order valence-electron chi connectivity index (χ3n) is 2.46. The third-order valence-corrected chi connectivity index (χ3v) is 2.46. The molecular weight excluding hydrogens is 200 g/mol. The molecule has 0 saturated heterocycles. The smallest absolute Gasteiger partial charge is 0.122 e. The molecule has 0 aliphatic carbocycles. The van der Waals surface area contributed by atoms with E-state index < -0.39 is 0 Å². The molecule has 0 aliphatic rings. The molecule has 82 valence electrons. The van der Waals surface area contributed by atoms with Gasteiger partial charge in [-0.15, -0.1) is 0 Å². The van der Waals surface area contributed by atoms with Gasteiger partial charge in [0.1, 0.15) is 5.75 Å². The SMILES string of the molecule is CCc1ccnc(-c2cc(OC)ccn2)c1. The Morgan fingerprint density at radius 1 is 1.06 bits per heavy atom. The van der Waals surface area contributed by atoms with Gasteiger partial charge in [-0.05, 0) is 30.2 Å². The van der Waals surface area contributed by atoms with Gasteiger partial charge in [-0.1, -0.05) is 6.92 Å². The summed E-state index contributed by atoms with van der Waals surface area (Å²) in [4.78, 5) is 8.61. The van der Waals surface area contributed by atoms with Gasteiger partial charge in [0, 0.05) is 18.5 Å². The summed E-state index contributed by atoms with van der Waals surface area (Å²) in [5.74, 6) is 0.800. The molecule has 0 amide bonds. The molecule has 3 heteroatoms. The van der Waals surface area contributed by atoms with Crippen molar-refractivity contribution in [3.05, 3.63) is 42.2 Å². The van der Waals surface area contributed by atoms with E-state index in [0.717, 1.165) is 23.6 Å². The van der Waals surface area contributed by atoms with Crippen molar-refractivity contribution in [3.8, 4) is 17.1 Å². The quantitative estimate of drug-likeness (QED) is 0.788. The first-order valence-electron chi connectivity index (χ1n) is 5.29. The Bertz CT molecular complexity index is 437. The molecule has 0 bridgehead atoms. The lowest BCUT2D eigenvalue weighted by Crippen LogP contribution is -1.91. The van der Waals surface area contributed by atoms with Gasteiger partial charge in [0.2, 0.25) is 0 Å². The minimum absolute atomic E-state index is 0.800. The molecule has 0 aromatic carbocycles. The van der Waals surface area contributed by atoms with Crippen LogP contribution in [0.3, 0.4) is 0 Å². The normalized spacial score (nSPS) is 10.1. The maximum Gasteiger partial charge on any atom is 0.122 e. The highest BCUT2D eigenvalue weighted by Gasteiger charge is 2.02. The van der Waals surface area contributed by atoms with Crippen LogP contribution in [-0.4, -0.2) is 17.1 Å². The number of nitrogens with zero attached hydrogens (tertiary/aromatic N) is 2. The first kappa shape index (κ1) is 10.6. The highest BCUT2D eigenvalue weighted by Crippen LogP contribution is 2.20. The summed E-state index contributed by atoms with van der Waals surface area (Å²) >= 11 is 0. The van der Waals surface area contributed by atoms with E-state index in [1.807, 2.05) is 24.4 Å². The number of pyridine rings is 2.